The highest BCUT2D eigenvalue weighted by molar-refractivity contribution is 7.89. The van der Waals surface area contributed by atoms with Crippen LogP contribution in [0.2, 0.25) is 0 Å². The van der Waals surface area contributed by atoms with Crippen LogP contribution in [0.15, 0.2) is 17.0 Å². The van der Waals surface area contributed by atoms with Crippen LogP contribution >= 0.6 is 0 Å². The summed E-state index contributed by atoms with van der Waals surface area (Å²) in [6, 6.07) is 3.11. The van der Waals surface area contributed by atoms with E-state index in [1.807, 2.05) is 0 Å². The highest BCUT2D eigenvalue weighted by Gasteiger charge is 2.24. The van der Waals surface area contributed by atoms with Crippen LogP contribution < -0.4 is 15.2 Å². The molecule has 1 aromatic carbocycles. The van der Waals surface area contributed by atoms with Crippen molar-refractivity contribution in [2.45, 2.75) is 11.8 Å². The van der Waals surface area contributed by atoms with E-state index < -0.39 is 10.0 Å². The first kappa shape index (κ1) is 15.7. The molecule has 0 amide bonds. The standard InChI is InChI=1S/C12H20N2O4S/c1-9-7-10(17-3)11(18-4)8-12(9)19(15,16)14(2)6-5-13/h7-8H,5-6,13H2,1-4H3. The summed E-state index contributed by atoms with van der Waals surface area (Å²) in [4.78, 5) is 0.195. The topological polar surface area (TPSA) is 81.9 Å². The van der Waals surface area contributed by atoms with Crippen LogP contribution in [0.5, 0.6) is 11.5 Å². The number of ether oxygens (including phenoxy) is 2. The van der Waals surface area contributed by atoms with Crippen molar-refractivity contribution in [2.24, 2.45) is 5.73 Å². The number of hydrogen-bond donors (Lipinski definition) is 1. The van der Waals surface area contributed by atoms with Crippen molar-refractivity contribution in [1.29, 1.82) is 0 Å². The van der Waals surface area contributed by atoms with E-state index in [1.165, 1.54) is 31.6 Å². The van der Waals surface area contributed by atoms with Crippen molar-refractivity contribution in [3.8, 4) is 11.5 Å². The molecule has 0 saturated carbocycles. The molecule has 0 atom stereocenters. The van der Waals surface area contributed by atoms with Gasteiger partial charge in [-0.1, -0.05) is 0 Å². The van der Waals surface area contributed by atoms with Gasteiger partial charge in [-0.2, -0.15) is 4.31 Å². The van der Waals surface area contributed by atoms with Crippen LogP contribution in [0, 0.1) is 6.92 Å². The Labute approximate surface area is 114 Å². The first-order valence-electron chi connectivity index (χ1n) is 5.77. The lowest BCUT2D eigenvalue weighted by molar-refractivity contribution is 0.353. The fourth-order valence-corrected chi connectivity index (χ4v) is 3.11. The molecule has 0 saturated heterocycles. The molecule has 0 aliphatic heterocycles. The molecular weight excluding hydrogens is 268 g/mol. The number of rotatable bonds is 6. The molecule has 0 aromatic heterocycles. The summed E-state index contributed by atoms with van der Waals surface area (Å²) >= 11 is 0. The van der Waals surface area contributed by atoms with Gasteiger partial charge in [0.05, 0.1) is 19.1 Å². The van der Waals surface area contributed by atoms with Gasteiger partial charge in [-0.25, -0.2) is 8.42 Å². The average molecular weight is 288 g/mol. The van der Waals surface area contributed by atoms with Gasteiger partial charge in [-0.05, 0) is 18.6 Å². The number of nitrogens with zero attached hydrogens (tertiary/aromatic N) is 1. The molecule has 0 radical (unpaired) electrons. The quantitative estimate of drug-likeness (QED) is 0.828. The largest absolute Gasteiger partial charge is 0.493 e. The predicted octanol–water partition coefficient (Wildman–Crippen LogP) is 0.591. The van der Waals surface area contributed by atoms with Crippen molar-refractivity contribution < 1.29 is 17.9 Å². The maximum absolute atomic E-state index is 12.4. The van der Waals surface area contributed by atoms with E-state index in [1.54, 1.807) is 13.0 Å². The Morgan fingerprint density at radius 2 is 1.74 bits per heavy atom. The Hall–Kier alpha value is -1.31. The Balaban J connectivity index is 3.35. The molecule has 0 bridgehead atoms. The van der Waals surface area contributed by atoms with Gasteiger partial charge in [0.15, 0.2) is 11.5 Å². The van der Waals surface area contributed by atoms with Gasteiger partial charge in [-0.3, -0.25) is 0 Å². The van der Waals surface area contributed by atoms with Gasteiger partial charge in [0, 0.05) is 26.2 Å². The van der Waals surface area contributed by atoms with E-state index in [0.29, 0.717) is 17.1 Å². The lowest BCUT2D eigenvalue weighted by Crippen LogP contribution is -2.32. The zero-order valence-electron chi connectivity index (χ0n) is 11.6. The molecule has 2 N–H and O–H groups in total. The summed E-state index contributed by atoms with van der Waals surface area (Å²) in [7, 11) is 0.898. The molecule has 1 aromatic rings. The summed E-state index contributed by atoms with van der Waals surface area (Å²) in [5.74, 6) is 0.883. The van der Waals surface area contributed by atoms with Gasteiger partial charge < -0.3 is 15.2 Å². The minimum Gasteiger partial charge on any atom is -0.493 e. The molecule has 6 nitrogen and oxygen atoms in total. The molecule has 108 valence electrons. The number of benzene rings is 1. The number of aryl methyl sites for hydroxylation is 1. The minimum atomic E-state index is -3.57. The number of likely N-dealkylation sites (N-methyl/N-ethyl adjacent to an activating group) is 1. The van der Waals surface area contributed by atoms with Crippen molar-refractivity contribution in [2.75, 3.05) is 34.4 Å². The van der Waals surface area contributed by atoms with Crippen LogP contribution in [0.25, 0.3) is 0 Å². The molecule has 19 heavy (non-hydrogen) atoms. The van der Waals surface area contributed by atoms with E-state index in [-0.39, 0.29) is 18.0 Å². The molecule has 0 aliphatic carbocycles. The highest BCUT2D eigenvalue weighted by Crippen LogP contribution is 2.33. The van der Waals surface area contributed by atoms with Crippen LogP contribution in [-0.4, -0.2) is 47.1 Å². The summed E-state index contributed by atoms with van der Waals surface area (Å²) in [5, 5.41) is 0. The molecule has 0 fully saturated rings. The molecule has 0 unspecified atom stereocenters. The van der Waals surface area contributed by atoms with E-state index in [4.69, 9.17) is 15.2 Å². The predicted molar refractivity (Wildman–Crippen MR) is 73.2 cm³/mol. The lowest BCUT2D eigenvalue weighted by atomic mass is 10.2. The second-order valence-corrected chi connectivity index (χ2v) is 6.10. The van der Waals surface area contributed by atoms with Crippen LogP contribution in [0.4, 0.5) is 0 Å². The second-order valence-electron chi connectivity index (χ2n) is 4.09. The summed E-state index contributed by atoms with van der Waals surface area (Å²) in [6.07, 6.45) is 0. The van der Waals surface area contributed by atoms with Crippen molar-refractivity contribution in [3.63, 3.8) is 0 Å². The third kappa shape index (κ3) is 3.17. The summed E-state index contributed by atoms with van der Waals surface area (Å²) in [5.41, 5.74) is 5.99. The van der Waals surface area contributed by atoms with Gasteiger partial charge in [0.25, 0.3) is 0 Å². The third-order valence-electron chi connectivity index (χ3n) is 2.81. The molecule has 0 aliphatic rings. The van der Waals surface area contributed by atoms with Crippen molar-refractivity contribution in [1.82, 2.24) is 4.31 Å². The first-order valence-corrected chi connectivity index (χ1v) is 7.21. The van der Waals surface area contributed by atoms with Crippen molar-refractivity contribution >= 4 is 10.0 Å². The maximum Gasteiger partial charge on any atom is 0.243 e. The maximum atomic E-state index is 12.4. The highest BCUT2D eigenvalue weighted by atomic mass is 32.2. The van der Waals surface area contributed by atoms with Gasteiger partial charge in [0.2, 0.25) is 10.0 Å². The third-order valence-corrected chi connectivity index (χ3v) is 4.81. The van der Waals surface area contributed by atoms with Crippen LogP contribution in [0.1, 0.15) is 5.56 Å². The molecule has 1 rings (SSSR count). The van der Waals surface area contributed by atoms with Crippen molar-refractivity contribution in [3.05, 3.63) is 17.7 Å². The van der Waals surface area contributed by atoms with E-state index in [9.17, 15) is 8.42 Å². The van der Waals surface area contributed by atoms with E-state index >= 15 is 0 Å². The molecule has 0 spiro atoms. The Bertz CT molecular complexity index is 543. The fraction of sp³-hybridized carbons (Fsp3) is 0.500. The van der Waals surface area contributed by atoms with Gasteiger partial charge in [-0.15, -0.1) is 0 Å². The Morgan fingerprint density at radius 1 is 1.21 bits per heavy atom. The smallest absolute Gasteiger partial charge is 0.243 e. The summed E-state index contributed by atoms with van der Waals surface area (Å²) < 4.78 is 36.3. The second kappa shape index (κ2) is 6.23. The van der Waals surface area contributed by atoms with Crippen LogP contribution in [-0.2, 0) is 10.0 Å². The number of sulfonamides is 1. The van der Waals surface area contributed by atoms with E-state index in [2.05, 4.69) is 0 Å². The first-order chi connectivity index (χ1) is 8.88. The van der Waals surface area contributed by atoms with Crippen LogP contribution in [0.3, 0.4) is 0 Å². The molecule has 0 heterocycles. The summed E-state index contributed by atoms with van der Waals surface area (Å²) in [6.45, 7) is 2.24. The zero-order valence-corrected chi connectivity index (χ0v) is 12.5. The number of methoxy groups -OCH3 is 2. The molecule has 7 heteroatoms. The fourth-order valence-electron chi connectivity index (χ4n) is 1.71. The number of nitrogens with two attached hydrogens (primary N) is 1. The number of hydrogen-bond acceptors (Lipinski definition) is 5. The monoisotopic (exact) mass is 288 g/mol. The van der Waals surface area contributed by atoms with E-state index in [0.717, 1.165) is 0 Å². The minimum absolute atomic E-state index is 0.195. The molecular formula is C12H20N2O4S. The van der Waals surface area contributed by atoms with Gasteiger partial charge in [0.1, 0.15) is 0 Å². The average Bonchev–Trinajstić information content (AvgIpc) is 2.38. The lowest BCUT2D eigenvalue weighted by Gasteiger charge is -2.19. The normalized spacial score (nSPS) is 11.7. The zero-order chi connectivity index (χ0) is 14.6. The SMILES string of the molecule is COc1cc(C)c(S(=O)(=O)N(C)CCN)cc1OC. The van der Waals surface area contributed by atoms with Gasteiger partial charge >= 0.3 is 0 Å². The Morgan fingerprint density at radius 3 is 2.21 bits per heavy atom. The Kier molecular flexibility index (Phi) is 5.16.